The number of carbonyl (C=O) groups excluding carboxylic acids is 1. The number of hydrogen-bond donors (Lipinski definition) is 0. The second-order valence-electron chi connectivity index (χ2n) is 4.60. The van der Waals surface area contributed by atoms with E-state index in [1.807, 2.05) is 0 Å². The lowest BCUT2D eigenvalue weighted by molar-refractivity contribution is 0.0728. The van der Waals surface area contributed by atoms with Crippen LogP contribution in [0.5, 0.6) is 0 Å². The van der Waals surface area contributed by atoms with E-state index in [9.17, 15) is 9.18 Å². The number of fused-ring (bicyclic) bond motifs is 1. The average Bonchev–Trinajstić information content (AvgIpc) is 2.46. The monoisotopic (exact) mass is 291 g/mol. The van der Waals surface area contributed by atoms with Crippen molar-refractivity contribution in [2.75, 3.05) is 6.54 Å². The Morgan fingerprint density at radius 2 is 2.10 bits per heavy atom. The summed E-state index contributed by atoms with van der Waals surface area (Å²) in [4.78, 5) is 13.9. The molecule has 0 bridgehead atoms. The van der Waals surface area contributed by atoms with Gasteiger partial charge in [0.15, 0.2) is 5.15 Å². The summed E-state index contributed by atoms with van der Waals surface area (Å²) >= 11 is 5.81. The van der Waals surface area contributed by atoms with E-state index in [1.165, 1.54) is 12.1 Å². The number of carbonyl (C=O) groups is 1. The third kappa shape index (κ3) is 2.36. The number of benzene rings is 1. The van der Waals surface area contributed by atoms with Crippen molar-refractivity contribution >= 4 is 17.5 Å². The van der Waals surface area contributed by atoms with Gasteiger partial charge >= 0.3 is 0 Å². The highest BCUT2D eigenvalue weighted by Gasteiger charge is 2.24. The molecular weight excluding hydrogens is 281 g/mol. The minimum absolute atomic E-state index is 0.0871. The van der Waals surface area contributed by atoms with Crippen molar-refractivity contribution in [2.24, 2.45) is 0 Å². The third-order valence-corrected chi connectivity index (χ3v) is 3.49. The molecule has 0 N–H and O–H groups in total. The number of rotatable bonds is 1. The lowest BCUT2D eigenvalue weighted by atomic mass is 10.1. The van der Waals surface area contributed by atoms with Gasteiger partial charge in [0.05, 0.1) is 11.3 Å². The van der Waals surface area contributed by atoms with Crippen LogP contribution in [-0.2, 0) is 13.0 Å². The molecule has 102 valence electrons. The van der Waals surface area contributed by atoms with E-state index in [0.29, 0.717) is 24.7 Å². The second kappa shape index (κ2) is 5.17. The van der Waals surface area contributed by atoms with E-state index in [1.54, 1.807) is 23.1 Å². The summed E-state index contributed by atoms with van der Waals surface area (Å²) in [5.41, 5.74) is 1.79. The Morgan fingerprint density at radius 3 is 2.90 bits per heavy atom. The zero-order valence-corrected chi connectivity index (χ0v) is 11.3. The highest BCUT2D eigenvalue weighted by molar-refractivity contribution is 6.29. The van der Waals surface area contributed by atoms with Crippen molar-refractivity contribution in [3.05, 3.63) is 58.1 Å². The molecule has 6 heteroatoms. The number of halogens is 2. The molecule has 0 saturated heterocycles. The van der Waals surface area contributed by atoms with Crippen LogP contribution >= 0.6 is 11.6 Å². The van der Waals surface area contributed by atoms with Crippen LogP contribution in [0.2, 0.25) is 5.15 Å². The molecule has 1 aliphatic heterocycles. The Labute approximate surface area is 120 Å². The van der Waals surface area contributed by atoms with Crippen LogP contribution in [0, 0.1) is 5.82 Å². The molecule has 0 atom stereocenters. The summed E-state index contributed by atoms with van der Waals surface area (Å²) in [7, 11) is 0. The molecule has 3 rings (SSSR count). The molecule has 1 aromatic carbocycles. The Morgan fingerprint density at radius 1 is 1.30 bits per heavy atom. The Hall–Kier alpha value is -2.01. The van der Waals surface area contributed by atoms with Crippen molar-refractivity contribution in [2.45, 2.75) is 13.0 Å². The fraction of sp³-hybridized carbons (Fsp3) is 0.214. The average molecular weight is 292 g/mol. The second-order valence-corrected chi connectivity index (χ2v) is 4.98. The van der Waals surface area contributed by atoms with E-state index in [4.69, 9.17) is 11.6 Å². The molecule has 1 aromatic heterocycles. The minimum atomic E-state index is -0.505. The first-order valence-electron chi connectivity index (χ1n) is 6.20. The van der Waals surface area contributed by atoms with Gasteiger partial charge in [0.1, 0.15) is 5.82 Å². The van der Waals surface area contributed by atoms with Gasteiger partial charge in [0, 0.05) is 19.5 Å². The number of aromatic nitrogens is 2. The molecule has 0 radical (unpaired) electrons. The van der Waals surface area contributed by atoms with E-state index < -0.39 is 5.82 Å². The summed E-state index contributed by atoms with van der Waals surface area (Å²) in [5.74, 6) is -0.823. The van der Waals surface area contributed by atoms with Gasteiger partial charge < -0.3 is 4.90 Å². The number of hydrogen-bond acceptors (Lipinski definition) is 3. The van der Waals surface area contributed by atoms with Crippen LogP contribution in [0.3, 0.4) is 0 Å². The molecule has 0 fully saturated rings. The maximum Gasteiger partial charge on any atom is 0.257 e. The standard InChI is InChI=1S/C14H11ClFN3O/c15-13-7-9-8-19(6-5-12(9)17-18-13)14(20)10-3-1-2-4-11(10)16/h1-4,7H,5-6,8H2. The van der Waals surface area contributed by atoms with E-state index >= 15 is 0 Å². The lowest BCUT2D eigenvalue weighted by Crippen LogP contribution is -2.36. The topological polar surface area (TPSA) is 46.1 Å². The molecule has 2 heterocycles. The normalized spacial score (nSPS) is 14.0. The molecular formula is C14H11ClFN3O. The van der Waals surface area contributed by atoms with Crippen LogP contribution in [0.4, 0.5) is 4.39 Å². The molecule has 0 unspecified atom stereocenters. The predicted octanol–water partition coefficient (Wildman–Crippen LogP) is 2.47. The van der Waals surface area contributed by atoms with Gasteiger partial charge in [0.25, 0.3) is 5.91 Å². The maximum atomic E-state index is 13.7. The van der Waals surface area contributed by atoms with Crippen LogP contribution in [0.1, 0.15) is 21.6 Å². The Bertz CT molecular complexity index is 677. The first kappa shape index (κ1) is 13.0. The van der Waals surface area contributed by atoms with Crippen molar-refractivity contribution in [3.8, 4) is 0 Å². The van der Waals surface area contributed by atoms with E-state index in [-0.39, 0.29) is 11.5 Å². The van der Waals surface area contributed by atoms with Crippen molar-refractivity contribution in [3.63, 3.8) is 0 Å². The van der Waals surface area contributed by atoms with Gasteiger partial charge in [-0.05, 0) is 23.8 Å². The summed E-state index contributed by atoms with van der Waals surface area (Å²) in [6.45, 7) is 0.869. The zero-order valence-electron chi connectivity index (χ0n) is 10.5. The van der Waals surface area contributed by atoms with Gasteiger partial charge in [-0.2, -0.15) is 5.10 Å². The third-order valence-electron chi connectivity index (χ3n) is 3.30. The van der Waals surface area contributed by atoms with Crippen LogP contribution in [-0.4, -0.2) is 27.5 Å². The highest BCUT2D eigenvalue weighted by Crippen LogP contribution is 2.21. The van der Waals surface area contributed by atoms with Crippen molar-refractivity contribution in [1.29, 1.82) is 0 Å². The molecule has 4 nitrogen and oxygen atoms in total. The van der Waals surface area contributed by atoms with E-state index in [0.717, 1.165) is 11.3 Å². The van der Waals surface area contributed by atoms with Crippen LogP contribution < -0.4 is 0 Å². The van der Waals surface area contributed by atoms with Gasteiger partial charge in [-0.1, -0.05) is 23.7 Å². The summed E-state index contributed by atoms with van der Waals surface area (Å²) in [5, 5.41) is 8.09. The quantitative estimate of drug-likeness (QED) is 0.811. The molecule has 2 aromatic rings. The minimum Gasteiger partial charge on any atom is -0.334 e. The van der Waals surface area contributed by atoms with Crippen LogP contribution in [0.25, 0.3) is 0 Å². The first-order valence-corrected chi connectivity index (χ1v) is 6.58. The fourth-order valence-electron chi connectivity index (χ4n) is 2.28. The summed E-state index contributed by atoms with van der Waals surface area (Å²) in [6, 6.07) is 7.69. The molecule has 0 spiro atoms. The smallest absolute Gasteiger partial charge is 0.257 e. The summed E-state index contributed by atoms with van der Waals surface area (Å²) in [6.07, 6.45) is 0.597. The number of amides is 1. The molecule has 20 heavy (non-hydrogen) atoms. The van der Waals surface area contributed by atoms with Gasteiger partial charge in [0.2, 0.25) is 0 Å². The molecule has 0 aliphatic carbocycles. The molecule has 1 amide bonds. The Kier molecular flexibility index (Phi) is 3.36. The largest absolute Gasteiger partial charge is 0.334 e. The Balaban J connectivity index is 1.87. The van der Waals surface area contributed by atoms with Gasteiger partial charge in [-0.3, -0.25) is 4.79 Å². The highest BCUT2D eigenvalue weighted by atomic mass is 35.5. The SMILES string of the molecule is O=C(c1ccccc1F)N1CCc2nnc(Cl)cc2C1. The van der Waals surface area contributed by atoms with Crippen molar-refractivity contribution < 1.29 is 9.18 Å². The predicted molar refractivity (Wildman–Crippen MR) is 71.9 cm³/mol. The summed E-state index contributed by atoms with van der Waals surface area (Å²) < 4.78 is 13.7. The van der Waals surface area contributed by atoms with Crippen LogP contribution in [0.15, 0.2) is 30.3 Å². The maximum absolute atomic E-state index is 13.7. The van der Waals surface area contributed by atoms with Crippen molar-refractivity contribution in [1.82, 2.24) is 15.1 Å². The lowest BCUT2D eigenvalue weighted by Gasteiger charge is -2.28. The first-order chi connectivity index (χ1) is 9.65. The van der Waals surface area contributed by atoms with E-state index in [2.05, 4.69) is 10.2 Å². The molecule has 0 saturated carbocycles. The zero-order chi connectivity index (χ0) is 14.1. The molecule has 1 aliphatic rings. The van der Waals surface area contributed by atoms with Gasteiger partial charge in [-0.15, -0.1) is 5.10 Å². The number of nitrogens with zero attached hydrogens (tertiary/aromatic N) is 3. The fourth-order valence-corrected chi connectivity index (χ4v) is 2.45. The van der Waals surface area contributed by atoms with Gasteiger partial charge in [-0.25, -0.2) is 4.39 Å².